The number of rotatable bonds is 1. The van der Waals surface area contributed by atoms with E-state index in [0.29, 0.717) is 23.3 Å². The van der Waals surface area contributed by atoms with Crippen LogP contribution < -0.4 is 0 Å². The Morgan fingerprint density at radius 2 is 1.67 bits per heavy atom. The Morgan fingerprint density at radius 1 is 0.952 bits per heavy atom. The molecule has 3 aliphatic rings. The number of fused-ring (bicyclic) bond motifs is 1. The zero-order valence-electron chi connectivity index (χ0n) is 14.1. The fourth-order valence-electron chi connectivity index (χ4n) is 4.66. The van der Waals surface area contributed by atoms with Crippen LogP contribution in [-0.2, 0) is 4.79 Å². The van der Waals surface area contributed by atoms with Gasteiger partial charge in [-0.1, -0.05) is 20.8 Å². The van der Waals surface area contributed by atoms with E-state index in [0.717, 1.165) is 38.4 Å². The molecular weight excluding hydrogens is 260 g/mol. The molecule has 0 N–H and O–H groups in total. The fraction of sp³-hybridized carbons (Fsp3) is 0.944. The number of hydrogen-bond acceptors (Lipinski definition) is 2. The number of amides is 1. The summed E-state index contributed by atoms with van der Waals surface area (Å²) < 4.78 is 0. The Bertz CT molecular complexity index is 379. The molecule has 1 atom stereocenters. The lowest BCUT2D eigenvalue weighted by Crippen LogP contribution is -2.53. The van der Waals surface area contributed by atoms with E-state index in [2.05, 4.69) is 30.6 Å². The molecule has 1 aliphatic carbocycles. The minimum atomic E-state index is 0.316. The zero-order valence-corrected chi connectivity index (χ0v) is 14.1. The van der Waals surface area contributed by atoms with E-state index in [-0.39, 0.29) is 0 Å². The molecule has 1 amide bonds. The van der Waals surface area contributed by atoms with E-state index in [1.807, 2.05) is 0 Å². The Balaban J connectivity index is 1.52. The average Bonchev–Trinajstić information content (AvgIpc) is 2.93. The van der Waals surface area contributed by atoms with Gasteiger partial charge in [-0.3, -0.25) is 9.69 Å². The van der Waals surface area contributed by atoms with E-state index >= 15 is 0 Å². The maximum atomic E-state index is 12.8. The molecule has 3 nitrogen and oxygen atoms in total. The molecule has 3 heteroatoms. The van der Waals surface area contributed by atoms with Crippen LogP contribution in [0.3, 0.4) is 0 Å². The van der Waals surface area contributed by atoms with E-state index in [1.54, 1.807) is 0 Å². The highest BCUT2D eigenvalue weighted by Gasteiger charge is 2.37. The minimum absolute atomic E-state index is 0.316. The highest BCUT2D eigenvalue weighted by atomic mass is 16.2. The minimum Gasteiger partial charge on any atom is -0.340 e. The van der Waals surface area contributed by atoms with Crippen molar-refractivity contribution >= 4 is 5.91 Å². The summed E-state index contributed by atoms with van der Waals surface area (Å²) in [7, 11) is 0. The largest absolute Gasteiger partial charge is 0.340 e. The fourth-order valence-corrected chi connectivity index (χ4v) is 4.66. The molecule has 1 saturated carbocycles. The number of carbonyl (C=O) groups is 1. The van der Waals surface area contributed by atoms with Gasteiger partial charge in [-0.2, -0.15) is 0 Å². The van der Waals surface area contributed by atoms with Crippen molar-refractivity contribution in [2.45, 2.75) is 65.3 Å². The van der Waals surface area contributed by atoms with Gasteiger partial charge in [0, 0.05) is 31.6 Å². The molecule has 0 radical (unpaired) electrons. The Hall–Kier alpha value is -0.570. The predicted molar refractivity (Wildman–Crippen MR) is 86.1 cm³/mol. The normalized spacial score (nSPS) is 34.8. The number of nitrogens with zero attached hydrogens (tertiary/aromatic N) is 2. The Kier molecular flexibility index (Phi) is 4.31. The maximum Gasteiger partial charge on any atom is 0.225 e. The van der Waals surface area contributed by atoms with Gasteiger partial charge < -0.3 is 4.90 Å². The lowest BCUT2D eigenvalue weighted by atomic mass is 9.69. The summed E-state index contributed by atoms with van der Waals surface area (Å²) in [5.74, 6) is 1.58. The van der Waals surface area contributed by atoms with Crippen molar-refractivity contribution in [3.63, 3.8) is 0 Å². The van der Waals surface area contributed by atoms with Crippen LogP contribution in [0.2, 0.25) is 0 Å². The second-order valence-electron chi connectivity index (χ2n) is 8.53. The molecule has 0 spiro atoms. The summed E-state index contributed by atoms with van der Waals surface area (Å²) in [5, 5.41) is 0. The van der Waals surface area contributed by atoms with Gasteiger partial charge in [0.15, 0.2) is 0 Å². The molecule has 2 saturated heterocycles. The molecule has 2 heterocycles. The number of piperazine rings is 1. The second kappa shape index (κ2) is 5.91. The summed E-state index contributed by atoms with van der Waals surface area (Å²) in [6.07, 6.45) is 7.33. The van der Waals surface area contributed by atoms with Crippen LogP contribution in [0.1, 0.15) is 59.3 Å². The summed E-state index contributed by atoms with van der Waals surface area (Å²) in [4.78, 5) is 17.6. The van der Waals surface area contributed by atoms with Crippen molar-refractivity contribution in [2.75, 3.05) is 26.2 Å². The van der Waals surface area contributed by atoms with Crippen LogP contribution >= 0.6 is 0 Å². The molecule has 120 valence electrons. The lowest BCUT2D eigenvalue weighted by Gasteiger charge is -2.41. The van der Waals surface area contributed by atoms with Crippen LogP contribution in [0.15, 0.2) is 0 Å². The summed E-state index contributed by atoms with van der Waals surface area (Å²) in [6.45, 7) is 11.4. The van der Waals surface area contributed by atoms with Gasteiger partial charge in [-0.05, 0) is 56.4 Å². The SMILES string of the molecule is CC(C)(C)C1CCC(C(=O)N2CCN3CCC[C@@H]3C2)CC1. The van der Waals surface area contributed by atoms with Crippen molar-refractivity contribution in [1.82, 2.24) is 9.80 Å². The first kappa shape index (κ1) is 15.3. The van der Waals surface area contributed by atoms with Crippen molar-refractivity contribution in [3.05, 3.63) is 0 Å². The molecule has 3 rings (SSSR count). The predicted octanol–water partition coefficient (Wildman–Crippen LogP) is 3.15. The Labute approximate surface area is 130 Å². The third kappa shape index (κ3) is 3.28. The second-order valence-corrected chi connectivity index (χ2v) is 8.53. The molecule has 21 heavy (non-hydrogen) atoms. The molecule has 0 aromatic carbocycles. The van der Waals surface area contributed by atoms with Gasteiger partial charge in [0.1, 0.15) is 0 Å². The highest BCUT2D eigenvalue weighted by Crippen LogP contribution is 2.40. The Morgan fingerprint density at radius 3 is 2.33 bits per heavy atom. The zero-order chi connectivity index (χ0) is 15.0. The van der Waals surface area contributed by atoms with Gasteiger partial charge in [0.2, 0.25) is 5.91 Å². The van der Waals surface area contributed by atoms with Gasteiger partial charge >= 0.3 is 0 Å². The summed E-state index contributed by atoms with van der Waals surface area (Å²) in [6, 6.07) is 0.661. The van der Waals surface area contributed by atoms with Crippen molar-refractivity contribution in [2.24, 2.45) is 17.3 Å². The van der Waals surface area contributed by atoms with Crippen LogP contribution in [0.25, 0.3) is 0 Å². The average molecular weight is 292 g/mol. The quantitative estimate of drug-likeness (QED) is 0.741. The third-order valence-electron chi connectivity index (χ3n) is 6.20. The van der Waals surface area contributed by atoms with Gasteiger partial charge in [0.25, 0.3) is 0 Å². The third-order valence-corrected chi connectivity index (χ3v) is 6.20. The first-order valence-corrected chi connectivity index (χ1v) is 8.98. The molecule has 3 fully saturated rings. The molecule has 0 unspecified atom stereocenters. The lowest BCUT2D eigenvalue weighted by molar-refractivity contribution is -0.139. The van der Waals surface area contributed by atoms with Crippen LogP contribution in [-0.4, -0.2) is 47.9 Å². The number of hydrogen-bond donors (Lipinski definition) is 0. The van der Waals surface area contributed by atoms with Gasteiger partial charge in [-0.15, -0.1) is 0 Å². The maximum absolute atomic E-state index is 12.8. The monoisotopic (exact) mass is 292 g/mol. The van der Waals surface area contributed by atoms with Crippen LogP contribution in [0, 0.1) is 17.3 Å². The van der Waals surface area contributed by atoms with E-state index in [9.17, 15) is 4.79 Å². The summed E-state index contributed by atoms with van der Waals surface area (Å²) in [5.41, 5.74) is 0.406. The van der Waals surface area contributed by atoms with Gasteiger partial charge in [-0.25, -0.2) is 0 Å². The van der Waals surface area contributed by atoms with E-state index < -0.39 is 0 Å². The molecule has 0 bridgehead atoms. The van der Waals surface area contributed by atoms with Crippen molar-refractivity contribution in [1.29, 1.82) is 0 Å². The van der Waals surface area contributed by atoms with E-state index in [1.165, 1.54) is 32.2 Å². The molecule has 2 aliphatic heterocycles. The summed E-state index contributed by atoms with van der Waals surface area (Å²) >= 11 is 0. The smallest absolute Gasteiger partial charge is 0.225 e. The first-order chi connectivity index (χ1) is 9.95. The molecule has 0 aromatic heterocycles. The van der Waals surface area contributed by atoms with Crippen LogP contribution in [0.5, 0.6) is 0 Å². The standard InChI is InChI=1S/C18H32N2O/c1-18(2,3)15-8-6-14(7-9-15)17(21)20-12-11-19-10-4-5-16(19)13-20/h14-16H,4-13H2,1-3H3/t14?,15?,16-/m1/s1. The van der Waals surface area contributed by atoms with Gasteiger partial charge in [0.05, 0.1) is 0 Å². The van der Waals surface area contributed by atoms with Crippen molar-refractivity contribution in [3.8, 4) is 0 Å². The topological polar surface area (TPSA) is 23.6 Å². The van der Waals surface area contributed by atoms with E-state index in [4.69, 9.17) is 0 Å². The van der Waals surface area contributed by atoms with Crippen LogP contribution in [0.4, 0.5) is 0 Å². The van der Waals surface area contributed by atoms with Crippen molar-refractivity contribution < 1.29 is 4.79 Å². The molecule has 0 aromatic rings. The first-order valence-electron chi connectivity index (χ1n) is 8.98. The molecular formula is C18H32N2O. The number of carbonyl (C=O) groups excluding carboxylic acids is 1. The highest BCUT2D eigenvalue weighted by molar-refractivity contribution is 5.79.